The van der Waals surface area contributed by atoms with Crippen LogP contribution in [-0.4, -0.2) is 81.7 Å². The molecule has 0 N–H and O–H groups in total. The van der Waals surface area contributed by atoms with Gasteiger partial charge in [-0.2, -0.15) is 0 Å². The van der Waals surface area contributed by atoms with Gasteiger partial charge in [0.1, 0.15) is 0 Å². The molecule has 2 saturated heterocycles. The zero-order chi connectivity index (χ0) is 13.7. The monoisotopic (exact) mass is 290 g/mol. The molecule has 112 valence electrons. The molecule has 0 aromatic carbocycles. The molecule has 0 aliphatic carbocycles. The summed E-state index contributed by atoms with van der Waals surface area (Å²) in [5, 5.41) is 0. The van der Waals surface area contributed by atoms with Gasteiger partial charge in [0.2, 0.25) is 0 Å². The second-order valence-electron chi connectivity index (χ2n) is 5.63. The highest BCUT2D eigenvalue weighted by molar-refractivity contribution is 7.91. The molecule has 0 aromatic rings. The Labute approximate surface area is 116 Å². The van der Waals surface area contributed by atoms with E-state index < -0.39 is 9.84 Å². The van der Waals surface area contributed by atoms with E-state index in [-0.39, 0.29) is 0 Å². The predicted octanol–water partition coefficient (Wildman–Crippen LogP) is 0.218. The molecule has 19 heavy (non-hydrogen) atoms. The third kappa shape index (κ3) is 5.02. The van der Waals surface area contributed by atoms with Crippen molar-refractivity contribution in [1.82, 2.24) is 9.80 Å². The number of ether oxygens (including phenoxy) is 1. The first-order chi connectivity index (χ1) is 9.07. The predicted molar refractivity (Wildman–Crippen MR) is 76.2 cm³/mol. The van der Waals surface area contributed by atoms with E-state index in [1.807, 2.05) is 0 Å². The first-order valence-corrected chi connectivity index (χ1v) is 9.13. The van der Waals surface area contributed by atoms with Crippen LogP contribution in [0, 0.1) is 0 Å². The van der Waals surface area contributed by atoms with Gasteiger partial charge in [-0.3, -0.25) is 9.80 Å². The van der Waals surface area contributed by atoms with E-state index in [1.54, 1.807) is 0 Å². The maximum absolute atomic E-state index is 11.4. The zero-order valence-electron chi connectivity index (χ0n) is 11.9. The van der Waals surface area contributed by atoms with Gasteiger partial charge in [-0.15, -0.1) is 0 Å². The smallest absolute Gasteiger partial charge is 0.152 e. The van der Waals surface area contributed by atoms with Crippen molar-refractivity contribution in [2.75, 3.05) is 57.4 Å². The summed E-state index contributed by atoms with van der Waals surface area (Å²) in [7, 11) is -2.75. The molecule has 0 bridgehead atoms. The largest absolute Gasteiger partial charge is 0.379 e. The van der Waals surface area contributed by atoms with Crippen LogP contribution in [0.1, 0.15) is 19.8 Å². The Hall–Kier alpha value is -0.170. The SMILES string of the molecule is CC(CCCN1CCOCC1)N1CCS(=O)(=O)CC1. The fraction of sp³-hybridized carbons (Fsp3) is 1.00. The van der Waals surface area contributed by atoms with E-state index in [4.69, 9.17) is 4.74 Å². The van der Waals surface area contributed by atoms with Gasteiger partial charge in [0.15, 0.2) is 9.84 Å². The minimum atomic E-state index is -2.75. The highest BCUT2D eigenvalue weighted by Gasteiger charge is 2.24. The standard InChI is InChI=1S/C13H26N2O3S/c1-13(15-7-11-19(16,17)12-8-15)3-2-4-14-5-9-18-10-6-14/h13H,2-12H2,1H3. The first-order valence-electron chi connectivity index (χ1n) is 7.31. The van der Waals surface area contributed by atoms with Crippen molar-refractivity contribution >= 4 is 9.84 Å². The number of hydrogen-bond acceptors (Lipinski definition) is 5. The van der Waals surface area contributed by atoms with Gasteiger partial charge in [0, 0.05) is 32.2 Å². The van der Waals surface area contributed by atoms with Crippen LogP contribution in [0.3, 0.4) is 0 Å². The Morgan fingerprint density at radius 3 is 2.37 bits per heavy atom. The lowest BCUT2D eigenvalue weighted by molar-refractivity contribution is 0.0362. The van der Waals surface area contributed by atoms with Crippen LogP contribution in [0.5, 0.6) is 0 Å². The van der Waals surface area contributed by atoms with E-state index in [1.165, 1.54) is 6.42 Å². The quantitative estimate of drug-likeness (QED) is 0.725. The lowest BCUT2D eigenvalue weighted by atomic mass is 10.1. The molecule has 6 heteroatoms. The Morgan fingerprint density at radius 1 is 1.11 bits per heavy atom. The molecule has 1 unspecified atom stereocenters. The van der Waals surface area contributed by atoms with Gasteiger partial charge in [-0.1, -0.05) is 0 Å². The number of rotatable bonds is 5. The van der Waals surface area contributed by atoms with E-state index in [2.05, 4.69) is 16.7 Å². The topological polar surface area (TPSA) is 49.9 Å². The van der Waals surface area contributed by atoms with Crippen molar-refractivity contribution in [3.8, 4) is 0 Å². The summed E-state index contributed by atoms with van der Waals surface area (Å²) >= 11 is 0. The van der Waals surface area contributed by atoms with Crippen molar-refractivity contribution in [3.63, 3.8) is 0 Å². The van der Waals surface area contributed by atoms with Crippen molar-refractivity contribution in [3.05, 3.63) is 0 Å². The minimum absolute atomic E-state index is 0.334. The van der Waals surface area contributed by atoms with Gasteiger partial charge in [-0.05, 0) is 26.3 Å². The Kier molecular flexibility index (Phi) is 5.62. The summed E-state index contributed by atoms with van der Waals surface area (Å²) in [6.45, 7) is 8.60. The summed E-state index contributed by atoms with van der Waals surface area (Å²) in [6.07, 6.45) is 2.34. The van der Waals surface area contributed by atoms with Crippen molar-refractivity contribution in [2.24, 2.45) is 0 Å². The molecule has 0 amide bonds. The molecular weight excluding hydrogens is 264 g/mol. The van der Waals surface area contributed by atoms with Crippen LogP contribution in [0.2, 0.25) is 0 Å². The second-order valence-corrected chi connectivity index (χ2v) is 7.94. The van der Waals surface area contributed by atoms with Gasteiger partial charge in [0.25, 0.3) is 0 Å². The summed E-state index contributed by atoms with van der Waals surface area (Å²) in [5.41, 5.74) is 0. The lowest BCUT2D eigenvalue weighted by Gasteiger charge is -2.33. The van der Waals surface area contributed by atoms with Crippen molar-refractivity contribution in [1.29, 1.82) is 0 Å². The van der Waals surface area contributed by atoms with Gasteiger partial charge >= 0.3 is 0 Å². The molecule has 0 spiro atoms. The third-order valence-corrected chi connectivity index (χ3v) is 5.81. The Balaban J connectivity index is 1.63. The molecule has 0 radical (unpaired) electrons. The zero-order valence-corrected chi connectivity index (χ0v) is 12.7. The summed E-state index contributed by atoms with van der Waals surface area (Å²) in [4.78, 5) is 4.78. The van der Waals surface area contributed by atoms with Crippen LogP contribution >= 0.6 is 0 Å². The molecule has 2 aliphatic rings. The summed E-state index contributed by atoms with van der Waals surface area (Å²) in [5.74, 6) is 0.668. The second kappa shape index (κ2) is 7.02. The maximum atomic E-state index is 11.4. The van der Waals surface area contributed by atoms with E-state index >= 15 is 0 Å². The van der Waals surface area contributed by atoms with Crippen LogP contribution in [-0.2, 0) is 14.6 Å². The number of nitrogens with zero attached hydrogens (tertiary/aromatic N) is 2. The number of hydrogen-bond donors (Lipinski definition) is 0. The molecule has 2 aliphatic heterocycles. The van der Waals surface area contributed by atoms with E-state index in [0.29, 0.717) is 30.6 Å². The summed E-state index contributed by atoms with van der Waals surface area (Å²) in [6, 6.07) is 0.497. The molecule has 0 aromatic heterocycles. The molecule has 2 heterocycles. The average molecular weight is 290 g/mol. The van der Waals surface area contributed by atoms with Crippen LogP contribution < -0.4 is 0 Å². The molecule has 2 fully saturated rings. The maximum Gasteiger partial charge on any atom is 0.152 e. The molecule has 0 saturated carbocycles. The first kappa shape index (κ1) is 15.2. The molecular formula is C13H26N2O3S. The number of morpholine rings is 1. The lowest BCUT2D eigenvalue weighted by Crippen LogP contribution is -2.45. The van der Waals surface area contributed by atoms with Crippen LogP contribution in [0.25, 0.3) is 0 Å². The highest BCUT2D eigenvalue weighted by atomic mass is 32.2. The Morgan fingerprint density at radius 2 is 1.74 bits per heavy atom. The Bertz CT molecular complexity index is 352. The fourth-order valence-electron chi connectivity index (χ4n) is 2.78. The third-order valence-electron chi connectivity index (χ3n) is 4.20. The van der Waals surface area contributed by atoms with Crippen molar-refractivity contribution in [2.45, 2.75) is 25.8 Å². The van der Waals surface area contributed by atoms with Crippen molar-refractivity contribution < 1.29 is 13.2 Å². The van der Waals surface area contributed by atoms with Gasteiger partial charge < -0.3 is 4.74 Å². The van der Waals surface area contributed by atoms with E-state index in [9.17, 15) is 8.42 Å². The van der Waals surface area contributed by atoms with Crippen LogP contribution in [0.15, 0.2) is 0 Å². The average Bonchev–Trinajstić information content (AvgIpc) is 2.39. The van der Waals surface area contributed by atoms with Gasteiger partial charge in [-0.25, -0.2) is 8.42 Å². The molecule has 1 atom stereocenters. The fourth-order valence-corrected chi connectivity index (χ4v) is 4.01. The summed E-state index contributed by atoms with van der Waals surface area (Å²) < 4.78 is 28.1. The normalized spacial score (nSPS) is 27.2. The molecule has 5 nitrogen and oxygen atoms in total. The van der Waals surface area contributed by atoms with E-state index in [0.717, 1.165) is 39.3 Å². The van der Waals surface area contributed by atoms with Crippen LogP contribution in [0.4, 0.5) is 0 Å². The van der Waals surface area contributed by atoms with Gasteiger partial charge in [0.05, 0.1) is 24.7 Å². The number of sulfone groups is 1. The minimum Gasteiger partial charge on any atom is -0.379 e. The highest BCUT2D eigenvalue weighted by Crippen LogP contribution is 2.12. The molecule has 2 rings (SSSR count).